The van der Waals surface area contributed by atoms with Gasteiger partial charge in [0.15, 0.2) is 5.13 Å². The van der Waals surface area contributed by atoms with Gasteiger partial charge in [0.2, 0.25) is 11.8 Å². The van der Waals surface area contributed by atoms with Crippen molar-refractivity contribution >= 4 is 28.3 Å². The second-order valence-electron chi connectivity index (χ2n) is 6.56. The lowest BCUT2D eigenvalue weighted by atomic mass is 9.97. The zero-order valence-corrected chi connectivity index (χ0v) is 17.6. The molecule has 1 atom stereocenters. The maximum Gasteiger partial charge on any atom is 0.245 e. The van der Waals surface area contributed by atoms with Gasteiger partial charge in [0.25, 0.3) is 0 Å². The monoisotopic (exact) mass is 383 g/mol. The van der Waals surface area contributed by atoms with E-state index in [1.165, 1.54) is 11.3 Å². The van der Waals surface area contributed by atoms with Crippen molar-refractivity contribution in [3.8, 4) is 0 Å². The lowest BCUT2D eigenvalue weighted by Crippen LogP contribution is -2.42. The van der Waals surface area contributed by atoms with Crippen LogP contribution in [0, 0.1) is 19.8 Å². The Morgan fingerprint density at radius 1 is 1.27 bits per heavy atom. The molecule has 7 heteroatoms. The molecular weight excluding hydrogens is 350 g/mol. The molecule has 1 N–H and O–H groups in total. The van der Waals surface area contributed by atoms with Gasteiger partial charge in [-0.1, -0.05) is 26.7 Å². The Labute approximate surface area is 161 Å². The predicted octanol–water partition coefficient (Wildman–Crippen LogP) is 3.78. The molecule has 0 aromatic carbocycles. The van der Waals surface area contributed by atoms with Gasteiger partial charge in [0.05, 0.1) is 12.2 Å². The van der Waals surface area contributed by atoms with Crippen LogP contribution in [0.4, 0.5) is 5.13 Å². The zero-order chi connectivity index (χ0) is 19.5. The molecule has 2 amide bonds. The number of methoxy groups -OCH3 is 1. The first kappa shape index (κ1) is 22.6. The summed E-state index contributed by atoms with van der Waals surface area (Å²) in [5.74, 6) is -0.150. The second-order valence-corrected chi connectivity index (χ2v) is 7.77. The standard InChI is InChI=1S/C19H33N3O3S/c1-6-8-10-16(7-2)18(24)22(11-9-12-25-5)13-17(23)21-19-20-14(3)15(4)26-19/h16H,6-13H2,1-5H3,(H,20,21,23)/t16-/m0/s1. The number of aryl methyl sites for hydroxylation is 2. The van der Waals surface area contributed by atoms with E-state index in [0.717, 1.165) is 42.7 Å². The van der Waals surface area contributed by atoms with Crippen molar-refractivity contribution in [2.24, 2.45) is 5.92 Å². The number of unbranched alkanes of at least 4 members (excludes halogenated alkanes) is 1. The first-order valence-electron chi connectivity index (χ1n) is 9.44. The minimum absolute atomic E-state index is 0.0188. The summed E-state index contributed by atoms with van der Waals surface area (Å²) in [6, 6.07) is 0. The Kier molecular flexibility index (Phi) is 10.4. The Balaban J connectivity index is 2.73. The summed E-state index contributed by atoms with van der Waals surface area (Å²) in [6.45, 7) is 9.21. The Morgan fingerprint density at radius 2 is 2.00 bits per heavy atom. The number of carbonyl (C=O) groups is 2. The third-order valence-corrected chi connectivity index (χ3v) is 5.43. The number of nitrogens with one attached hydrogen (secondary N) is 1. The average molecular weight is 384 g/mol. The molecule has 148 valence electrons. The molecule has 1 heterocycles. The Morgan fingerprint density at radius 3 is 2.54 bits per heavy atom. The van der Waals surface area contributed by atoms with Gasteiger partial charge in [-0.2, -0.15) is 0 Å². The summed E-state index contributed by atoms with van der Waals surface area (Å²) in [4.78, 5) is 32.4. The van der Waals surface area contributed by atoms with Crippen LogP contribution in [0.25, 0.3) is 0 Å². The average Bonchev–Trinajstić information content (AvgIpc) is 2.91. The number of carbonyl (C=O) groups excluding carboxylic acids is 2. The van der Waals surface area contributed by atoms with Gasteiger partial charge >= 0.3 is 0 Å². The highest BCUT2D eigenvalue weighted by Gasteiger charge is 2.24. The molecule has 0 aliphatic heterocycles. The fourth-order valence-corrected chi connectivity index (χ4v) is 3.57. The second kappa shape index (κ2) is 12.0. The number of nitrogens with zero attached hydrogens (tertiary/aromatic N) is 2. The van der Waals surface area contributed by atoms with Crippen molar-refractivity contribution in [3.63, 3.8) is 0 Å². The van der Waals surface area contributed by atoms with Crippen molar-refractivity contribution in [1.29, 1.82) is 0 Å². The van der Waals surface area contributed by atoms with Gasteiger partial charge in [-0.15, -0.1) is 11.3 Å². The van der Waals surface area contributed by atoms with Crippen molar-refractivity contribution < 1.29 is 14.3 Å². The fraction of sp³-hybridized carbons (Fsp3) is 0.737. The van der Waals surface area contributed by atoms with E-state index >= 15 is 0 Å². The van der Waals surface area contributed by atoms with Crippen molar-refractivity contribution in [1.82, 2.24) is 9.88 Å². The summed E-state index contributed by atoms with van der Waals surface area (Å²) in [6.07, 6.45) is 4.48. The number of ether oxygens (including phenoxy) is 1. The minimum atomic E-state index is -0.199. The topological polar surface area (TPSA) is 71.5 Å². The third kappa shape index (κ3) is 7.41. The van der Waals surface area contributed by atoms with Crippen LogP contribution in [0.2, 0.25) is 0 Å². The van der Waals surface area contributed by atoms with Gasteiger partial charge in [-0.3, -0.25) is 9.59 Å². The normalized spacial score (nSPS) is 12.0. The molecule has 6 nitrogen and oxygen atoms in total. The van der Waals surface area contributed by atoms with Gasteiger partial charge in [-0.05, 0) is 33.1 Å². The molecule has 1 aromatic heterocycles. The molecule has 0 aliphatic carbocycles. The van der Waals surface area contributed by atoms with E-state index in [9.17, 15) is 9.59 Å². The molecular formula is C19H33N3O3S. The van der Waals surface area contributed by atoms with Gasteiger partial charge in [0, 0.05) is 31.1 Å². The van der Waals surface area contributed by atoms with Crippen LogP contribution in [0.15, 0.2) is 0 Å². The van der Waals surface area contributed by atoms with Crippen molar-refractivity contribution in [2.75, 3.05) is 32.1 Å². The van der Waals surface area contributed by atoms with Crippen LogP contribution < -0.4 is 5.32 Å². The molecule has 0 unspecified atom stereocenters. The number of thiazole rings is 1. The zero-order valence-electron chi connectivity index (χ0n) is 16.8. The Bertz CT molecular complexity index is 555. The highest BCUT2D eigenvalue weighted by atomic mass is 32.1. The van der Waals surface area contributed by atoms with Gasteiger partial charge < -0.3 is 15.0 Å². The summed E-state index contributed by atoms with van der Waals surface area (Å²) < 4.78 is 5.09. The summed E-state index contributed by atoms with van der Waals surface area (Å²) in [5, 5.41) is 3.41. The summed E-state index contributed by atoms with van der Waals surface area (Å²) in [5.41, 5.74) is 0.920. The first-order valence-corrected chi connectivity index (χ1v) is 10.3. The molecule has 1 rings (SSSR count). The number of amides is 2. The molecule has 0 bridgehead atoms. The van der Waals surface area contributed by atoms with Crippen LogP contribution >= 0.6 is 11.3 Å². The van der Waals surface area contributed by atoms with Crippen LogP contribution in [0.1, 0.15) is 56.5 Å². The molecule has 0 spiro atoms. The molecule has 0 fully saturated rings. The number of hydrogen-bond donors (Lipinski definition) is 1. The molecule has 0 aliphatic rings. The van der Waals surface area contributed by atoms with Crippen LogP contribution in [-0.4, -0.2) is 48.5 Å². The SMILES string of the molecule is CCCC[C@H](CC)C(=O)N(CCCOC)CC(=O)Nc1nc(C)c(C)s1. The number of aromatic nitrogens is 1. The molecule has 0 saturated carbocycles. The molecule has 0 saturated heterocycles. The third-order valence-electron chi connectivity index (χ3n) is 4.45. The summed E-state index contributed by atoms with van der Waals surface area (Å²) >= 11 is 1.46. The first-order chi connectivity index (χ1) is 12.4. The van der Waals surface area contributed by atoms with E-state index in [4.69, 9.17) is 4.74 Å². The largest absolute Gasteiger partial charge is 0.385 e. The maximum absolute atomic E-state index is 12.9. The van der Waals surface area contributed by atoms with E-state index in [0.29, 0.717) is 18.3 Å². The molecule has 1 aromatic rings. The van der Waals surface area contributed by atoms with Crippen LogP contribution in [0.5, 0.6) is 0 Å². The summed E-state index contributed by atoms with van der Waals surface area (Å²) in [7, 11) is 1.64. The number of anilines is 1. The highest BCUT2D eigenvalue weighted by Crippen LogP contribution is 2.21. The van der Waals surface area contributed by atoms with Crippen LogP contribution in [-0.2, 0) is 14.3 Å². The Hall–Kier alpha value is -1.47. The predicted molar refractivity (Wildman–Crippen MR) is 107 cm³/mol. The van der Waals surface area contributed by atoms with Crippen molar-refractivity contribution in [2.45, 2.75) is 59.8 Å². The smallest absolute Gasteiger partial charge is 0.245 e. The van der Waals surface area contributed by atoms with E-state index < -0.39 is 0 Å². The lowest BCUT2D eigenvalue weighted by molar-refractivity contribution is -0.139. The van der Waals surface area contributed by atoms with Crippen molar-refractivity contribution in [3.05, 3.63) is 10.6 Å². The minimum Gasteiger partial charge on any atom is -0.385 e. The molecule has 0 radical (unpaired) electrons. The van der Waals surface area contributed by atoms with Gasteiger partial charge in [-0.25, -0.2) is 4.98 Å². The quantitative estimate of drug-likeness (QED) is 0.558. The van der Waals surface area contributed by atoms with E-state index in [2.05, 4.69) is 17.2 Å². The van der Waals surface area contributed by atoms with E-state index in [-0.39, 0.29) is 24.3 Å². The maximum atomic E-state index is 12.9. The molecule has 26 heavy (non-hydrogen) atoms. The van der Waals surface area contributed by atoms with Crippen LogP contribution in [0.3, 0.4) is 0 Å². The van der Waals surface area contributed by atoms with Gasteiger partial charge in [0.1, 0.15) is 0 Å². The number of rotatable bonds is 12. The fourth-order valence-electron chi connectivity index (χ4n) is 2.74. The lowest BCUT2D eigenvalue weighted by Gasteiger charge is -2.26. The van der Waals surface area contributed by atoms with E-state index in [1.54, 1.807) is 12.0 Å². The van der Waals surface area contributed by atoms with E-state index in [1.807, 2.05) is 20.8 Å². The highest BCUT2D eigenvalue weighted by molar-refractivity contribution is 7.15. The number of hydrogen-bond acceptors (Lipinski definition) is 5.